The molecule has 1 amide bonds. The summed E-state index contributed by atoms with van der Waals surface area (Å²) in [4.78, 5) is 32.8. The van der Waals surface area contributed by atoms with Crippen molar-refractivity contribution in [2.45, 2.75) is 63.1 Å². The summed E-state index contributed by atoms with van der Waals surface area (Å²) in [7, 11) is 0. The molecule has 6 nitrogen and oxygen atoms in total. The van der Waals surface area contributed by atoms with Crippen LogP contribution in [-0.4, -0.2) is 51.8 Å². The molecule has 0 spiro atoms. The van der Waals surface area contributed by atoms with E-state index in [-0.39, 0.29) is 11.5 Å². The molecule has 1 saturated heterocycles. The first-order valence-electron chi connectivity index (χ1n) is 12.9. The highest BCUT2D eigenvalue weighted by Crippen LogP contribution is 2.23. The Morgan fingerprint density at radius 3 is 2.72 bits per heavy atom. The Balaban J connectivity index is 1.26. The fourth-order valence-electron chi connectivity index (χ4n) is 4.67. The van der Waals surface area contributed by atoms with Gasteiger partial charge in [-0.2, -0.15) is 0 Å². The van der Waals surface area contributed by atoms with Crippen molar-refractivity contribution in [2.24, 2.45) is 0 Å². The minimum absolute atomic E-state index is 0.0938. The van der Waals surface area contributed by atoms with E-state index in [1.54, 1.807) is 34.5 Å². The van der Waals surface area contributed by atoms with E-state index in [1.807, 2.05) is 30.3 Å². The van der Waals surface area contributed by atoms with E-state index < -0.39 is 0 Å². The van der Waals surface area contributed by atoms with Crippen molar-refractivity contribution in [3.05, 3.63) is 63.9 Å². The van der Waals surface area contributed by atoms with E-state index in [2.05, 4.69) is 17.1 Å². The number of amides is 1. The molecule has 1 unspecified atom stereocenters. The predicted octanol–water partition coefficient (Wildman–Crippen LogP) is 5.68. The first-order valence-corrected chi connectivity index (χ1v) is 14.3. The maximum atomic E-state index is 13.3. The van der Waals surface area contributed by atoms with Crippen molar-refractivity contribution in [1.29, 1.82) is 0 Å². The van der Waals surface area contributed by atoms with Crippen LogP contribution in [-0.2, 0) is 4.79 Å². The number of fused-ring (bicyclic) bond motifs is 1. The molecule has 0 saturated carbocycles. The van der Waals surface area contributed by atoms with E-state index in [0.29, 0.717) is 33.5 Å². The summed E-state index contributed by atoms with van der Waals surface area (Å²) in [5.41, 5.74) is 1.33. The average Bonchev–Trinajstić information content (AvgIpc) is 2.88. The number of rotatable bonds is 11. The molecule has 1 aliphatic rings. The summed E-state index contributed by atoms with van der Waals surface area (Å²) in [6, 6.07) is 15.3. The highest BCUT2D eigenvalue weighted by molar-refractivity contribution is 7.99. The maximum absolute atomic E-state index is 13.3. The van der Waals surface area contributed by atoms with Gasteiger partial charge in [-0.05, 0) is 82.0 Å². The van der Waals surface area contributed by atoms with Gasteiger partial charge in [-0.3, -0.25) is 14.2 Å². The molecule has 1 atom stereocenters. The number of aromatic nitrogens is 2. The van der Waals surface area contributed by atoms with Crippen LogP contribution in [0.15, 0.2) is 58.5 Å². The summed E-state index contributed by atoms with van der Waals surface area (Å²) >= 11 is 7.60. The van der Waals surface area contributed by atoms with Gasteiger partial charge in [0.05, 0.1) is 16.6 Å². The second-order valence-electron chi connectivity index (χ2n) is 9.42. The smallest absolute Gasteiger partial charge is 0.266 e. The second kappa shape index (κ2) is 13.3. The molecule has 2 heterocycles. The van der Waals surface area contributed by atoms with Gasteiger partial charge >= 0.3 is 0 Å². The summed E-state index contributed by atoms with van der Waals surface area (Å²) in [6.45, 7) is 5.29. The molecule has 1 fully saturated rings. The number of likely N-dealkylation sites (tertiary alicyclic amines) is 1. The van der Waals surface area contributed by atoms with E-state index in [1.165, 1.54) is 25.8 Å². The normalized spacial score (nSPS) is 16.3. The summed E-state index contributed by atoms with van der Waals surface area (Å²) in [5, 5.41) is 4.92. The van der Waals surface area contributed by atoms with Gasteiger partial charge in [-0.15, -0.1) is 0 Å². The van der Waals surface area contributed by atoms with Crippen molar-refractivity contribution >= 4 is 40.2 Å². The summed E-state index contributed by atoms with van der Waals surface area (Å²) < 4.78 is 1.65. The van der Waals surface area contributed by atoms with Crippen molar-refractivity contribution in [3.8, 4) is 5.69 Å². The Labute approximate surface area is 222 Å². The minimum Gasteiger partial charge on any atom is -0.356 e. The first kappa shape index (κ1) is 26.7. The lowest BCUT2D eigenvalue weighted by Gasteiger charge is -2.33. The lowest BCUT2D eigenvalue weighted by molar-refractivity contribution is -0.121. The molecule has 1 N–H and O–H groups in total. The van der Waals surface area contributed by atoms with Crippen molar-refractivity contribution in [3.63, 3.8) is 0 Å². The van der Waals surface area contributed by atoms with E-state index in [4.69, 9.17) is 16.6 Å². The Morgan fingerprint density at radius 2 is 1.92 bits per heavy atom. The van der Waals surface area contributed by atoms with Gasteiger partial charge in [0.1, 0.15) is 0 Å². The van der Waals surface area contributed by atoms with Gasteiger partial charge in [0.25, 0.3) is 5.56 Å². The van der Waals surface area contributed by atoms with Crippen LogP contribution in [0.4, 0.5) is 0 Å². The van der Waals surface area contributed by atoms with Gasteiger partial charge in [0, 0.05) is 36.3 Å². The maximum Gasteiger partial charge on any atom is 0.266 e. The number of para-hydroxylation sites is 1. The number of carbonyl (C=O) groups excluding carboxylic acids is 1. The van der Waals surface area contributed by atoms with Gasteiger partial charge < -0.3 is 10.2 Å². The number of thioether (sulfide) groups is 1. The van der Waals surface area contributed by atoms with Gasteiger partial charge in [-0.1, -0.05) is 41.9 Å². The van der Waals surface area contributed by atoms with Crippen molar-refractivity contribution in [2.75, 3.05) is 25.4 Å². The SMILES string of the molecule is CC1CCCCN1CCCNC(=O)CCCCSc1nc2ccccc2c(=O)n1-c1ccc(Cl)cc1. The van der Waals surface area contributed by atoms with Crippen LogP contribution in [0.25, 0.3) is 16.6 Å². The lowest BCUT2D eigenvalue weighted by atomic mass is 10.0. The Hall–Kier alpha value is -2.35. The zero-order valence-corrected chi connectivity index (χ0v) is 22.5. The number of hydrogen-bond acceptors (Lipinski definition) is 5. The number of piperidine rings is 1. The molecule has 1 aromatic heterocycles. The van der Waals surface area contributed by atoms with Crippen LogP contribution in [0.3, 0.4) is 0 Å². The quantitative estimate of drug-likeness (QED) is 0.198. The molecule has 0 bridgehead atoms. The molecule has 4 rings (SSSR count). The second-order valence-corrected chi connectivity index (χ2v) is 10.9. The van der Waals surface area contributed by atoms with Crippen LogP contribution in [0, 0.1) is 0 Å². The third-order valence-electron chi connectivity index (χ3n) is 6.74. The predicted molar refractivity (Wildman–Crippen MR) is 149 cm³/mol. The number of halogens is 1. The van der Waals surface area contributed by atoms with E-state index in [0.717, 1.165) is 43.8 Å². The third kappa shape index (κ3) is 7.11. The molecule has 0 radical (unpaired) electrons. The number of unbranched alkanes of at least 4 members (excludes halogenated alkanes) is 1. The van der Waals surface area contributed by atoms with Gasteiger partial charge in [0.15, 0.2) is 5.16 Å². The molecule has 1 aliphatic heterocycles. The van der Waals surface area contributed by atoms with Crippen LogP contribution >= 0.6 is 23.4 Å². The number of carbonyl (C=O) groups is 1. The molecule has 0 aliphatic carbocycles. The summed E-state index contributed by atoms with van der Waals surface area (Å²) in [6.07, 6.45) is 7.11. The Bertz CT molecular complexity index is 1210. The standard InChI is InChI=1S/C28H35ClN4O2S/c1-21-9-4-6-18-32(21)19-8-17-30-26(34)12-5-7-20-36-28-31-25-11-3-2-10-24(25)27(35)33(28)23-15-13-22(29)14-16-23/h2-3,10-11,13-16,21H,4-9,12,17-20H2,1H3,(H,30,34). The van der Waals surface area contributed by atoms with E-state index >= 15 is 0 Å². The fourth-order valence-corrected chi connectivity index (χ4v) is 5.80. The molecule has 192 valence electrons. The Kier molecular flexibility index (Phi) is 9.84. The van der Waals surface area contributed by atoms with Gasteiger partial charge in [-0.25, -0.2) is 4.98 Å². The number of benzene rings is 2. The molecule has 8 heteroatoms. The zero-order chi connectivity index (χ0) is 25.3. The average molecular weight is 527 g/mol. The van der Waals surface area contributed by atoms with Crippen molar-refractivity contribution < 1.29 is 4.79 Å². The molecular weight excluding hydrogens is 492 g/mol. The Morgan fingerprint density at radius 1 is 1.11 bits per heavy atom. The van der Waals surface area contributed by atoms with Crippen LogP contribution in [0.5, 0.6) is 0 Å². The fraction of sp³-hybridized carbons (Fsp3) is 0.464. The van der Waals surface area contributed by atoms with Gasteiger partial charge in [0.2, 0.25) is 5.91 Å². The lowest BCUT2D eigenvalue weighted by Crippen LogP contribution is -2.39. The van der Waals surface area contributed by atoms with Crippen LogP contribution in [0.2, 0.25) is 5.02 Å². The third-order valence-corrected chi connectivity index (χ3v) is 8.02. The zero-order valence-electron chi connectivity index (χ0n) is 20.9. The molecule has 3 aromatic rings. The van der Waals surface area contributed by atoms with Crippen molar-refractivity contribution in [1.82, 2.24) is 19.8 Å². The molecule has 2 aromatic carbocycles. The van der Waals surface area contributed by atoms with Crippen LogP contribution < -0.4 is 10.9 Å². The largest absolute Gasteiger partial charge is 0.356 e. The molecule has 36 heavy (non-hydrogen) atoms. The number of hydrogen-bond donors (Lipinski definition) is 1. The number of nitrogens with one attached hydrogen (secondary N) is 1. The van der Waals surface area contributed by atoms with Crippen LogP contribution in [0.1, 0.15) is 51.9 Å². The molecular formula is C28H35ClN4O2S. The topological polar surface area (TPSA) is 67.2 Å². The monoisotopic (exact) mass is 526 g/mol. The van der Waals surface area contributed by atoms with E-state index in [9.17, 15) is 9.59 Å². The first-order chi connectivity index (χ1) is 17.5. The number of nitrogens with zero attached hydrogens (tertiary/aromatic N) is 3. The highest BCUT2D eigenvalue weighted by Gasteiger charge is 2.17. The highest BCUT2D eigenvalue weighted by atomic mass is 35.5. The minimum atomic E-state index is -0.0938. The summed E-state index contributed by atoms with van der Waals surface area (Å²) in [5.74, 6) is 0.895.